The summed E-state index contributed by atoms with van der Waals surface area (Å²) in [4.78, 5) is 4.04. The van der Waals surface area contributed by atoms with Crippen molar-refractivity contribution in [3.8, 4) is 6.07 Å². The van der Waals surface area contributed by atoms with Gasteiger partial charge in [-0.25, -0.2) is 4.98 Å². The first-order valence-corrected chi connectivity index (χ1v) is 4.17. The second-order valence-corrected chi connectivity index (χ2v) is 3.00. The summed E-state index contributed by atoms with van der Waals surface area (Å²) < 4.78 is 1.66. The minimum Gasteiger partial charge on any atom is -0.308 e. The van der Waals surface area contributed by atoms with Gasteiger partial charge in [0.05, 0.1) is 18.5 Å². The number of nitrogens with one attached hydrogen (secondary N) is 1. The molecule has 1 aromatic rings. The molecule has 0 spiro atoms. The topological polar surface area (TPSA) is 66.5 Å². The van der Waals surface area contributed by atoms with Crippen LogP contribution in [-0.2, 0) is 13.6 Å². The first-order chi connectivity index (χ1) is 6.22. The van der Waals surface area contributed by atoms with E-state index in [2.05, 4.69) is 21.5 Å². The third kappa shape index (κ3) is 3.22. The van der Waals surface area contributed by atoms with Gasteiger partial charge in [0.1, 0.15) is 6.33 Å². The van der Waals surface area contributed by atoms with Crippen molar-refractivity contribution in [3.63, 3.8) is 0 Å². The molecule has 1 N–H and O–H groups in total. The third-order valence-corrected chi connectivity index (χ3v) is 1.60. The van der Waals surface area contributed by atoms with Gasteiger partial charge in [0.25, 0.3) is 0 Å². The second-order valence-electron chi connectivity index (χ2n) is 3.00. The zero-order chi connectivity index (χ0) is 9.68. The minimum absolute atomic E-state index is 0.0312. The molecule has 1 unspecified atom stereocenters. The van der Waals surface area contributed by atoms with Crippen LogP contribution in [0.2, 0.25) is 0 Å². The maximum Gasteiger partial charge on any atom is 0.164 e. The fourth-order valence-electron chi connectivity index (χ4n) is 0.911. The summed E-state index contributed by atoms with van der Waals surface area (Å²) in [5.74, 6) is 0.788. The number of rotatable bonds is 4. The van der Waals surface area contributed by atoms with Crippen LogP contribution in [0.3, 0.4) is 0 Å². The molecular weight excluding hydrogens is 166 g/mol. The van der Waals surface area contributed by atoms with Gasteiger partial charge in [-0.1, -0.05) is 0 Å². The Balaban J connectivity index is 2.25. The van der Waals surface area contributed by atoms with Crippen LogP contribution in [-0.4, -0.2) is 21.3 Å². The highest BCUT2D eigenvalue weighted by atomic mass is 15.3. The van der Waals surface area contributed by atoms with E-state index in [1.54, 1.807) is 11.0 Å². The quantitative estimate of drug-likeness (QED) is 0.710. The molecule has 0 aliphatic carbocycles. The third-order valence-electron chi connectivity index (χ3n) is 1.60. The van der Waals surface area contributed by atoms with Gasteiger partial charge in [-0.2, -0.15) is 10.4 Å². The van der Waals surface area contributed by atoms with Crippen LogP contribution in [0.25, 0.3) is 0 Å². The molecule has 0 aliphatic heterocycles. The average molecular weight is 179 g/mol. The Hall–Kier alpha value is -1.41. The first-order valence-electron chi connectivity index (χ1n) is 4.17. The molecule has 1 atom stereocenters. The molecule has 0 aromatic carbocycles. The Kier molecular flexibility index (Phi) is 3.41. The lowest BCUT2D eigenvalue weighted by Gasteiger charge is -2.01. The SMILES string of the molecule is CC(C#N)CNCc1ncn(C)n1. The zero-order valence-corrected chi connectivity index (χ0v) is 7.86. The number of aryl methyl sites for hydroxylation is 1. The summed E-state index contributed by atoms with van der Waals surface area (Å²) in [6, 6.07) is 2.15. The molecule has 1 aromatic heterocycles. The molecule has 1 heterocycles. The van der Waals surface area contributed by atoms with Gasteiger partial charge in [0.2, 0.25) is 0 Å². The molecule has 70 valence electrons. The zero-order valence-electron chi connectivity index (χ0n) is 7.86. The van der Waals surface area contributed by atoms with Crippen LogP contribution in [0.15, 0.2) is 6.33 Å². The van der Waals surface area contributed by atoms with E-state index in [9.17, 15) is 0 Å². The number of nitrogens with zero attached hydrogens (tertiary/aromatic N) is 4. The lowest BCUT2D eigenvalue weighted by molar-refractivity contribution is 0.584. The van der Waals surface area contributed by atoms with Crippen molar-refractivity contribution in [3.05, 3.63) is 12.2 Å². The lowest BCUT2D eigenvalue weighted by Crippen LogP contribution is -2.20. The van der Waals surface area contributed by atoms with E-state index in [1.807, 2.05) is 14.0 Å². The molecule has 0 saturated heterocycles. The van der Waals surface area contributed by atoms with Gasteiger partial charge in [-0.3, -0.25) is 4.68 Å². The van der Waals surface area contributed by atoms with Crippen LogP contribution < -0.4 is 5.32 Å². The van der Waals surface area contributed by atoms with E-state index in [0.29, 0.717) is 13.1 Å². The highest BCUT2D eigenvalue weighted by Gasteiger charge is 2.00. The molecule has 0 fully saturated rings. The predicted octanol–water partition coefficient (Wildman–Crippen LogP) is 0.0644. The Morgan fingerprint density at radius 3 is 3.08 bits per heavy atom. The van der Waals surface area contributed by atoms with Gasteiger partial charge in [0.15, 0.2) is 5.82 Å². The van der Waals surface area contributed by atoms with Crippen molar-refractivity contribution < 1.29 is 0 Å². The van der Waals surface area contributed by atoms with Crippen LogP contribution in [0.5, 0.6) is 0 Å². The lowest BCUT2D eigenvalue weighted by atomic mass is 10.2. The largest absolute Gasteiger partial charge is 0.308 e. The summed E-state index contributed by atoms with van der Waals surface area (Å²) in [6.07, 6.45) is 1.66. The monoisotopic (exact) mass is 179 g/mol. The van der Waals surface area contributed by atoms with Gasteiger partial charge < -0.3 is 5.32 Å². The number of aromatic nitrogens is 3. The van der Waals surface area contributed by atoms with E-state index in [0.717, 1.165) is 5.82 Å². The van der Waals surface area contributed by atoms with Crippen molar-refractivity contribution in [2.45, 2.75) is 13.5 Å². The Morgan fingerprint density at radius 2 is 2.54 bits per heavy atom. The van der Waals surface area contributed by atoms with E-state index in [-0.39, 0.29) is 5.92 Å². The smallest absolute Gasteiger partial charge is 0.164 e. The van der Waals surface area contributed by atoms with Crippen molar-refractivity contribution in [1.29, 1.82) is 5.26 Å². The maximum atomic E-state index is 8.51. The van der Waals surface area contributed by atoms with Crippen LogP contribution in [0.4, 0.5) is 0 Å². The second kappa shape index (κ2) is 4.58. The maximum absolute atomic E-state index is 8.51. The summed E-state index contributed by atoms with van der Waals surface area (Å²) in [7, 11) is 1.83. The fourth-order valence-corrected chi connectivity index (χ4v) is 0.911. The molecule has 0 amide bonds. The molecule has 5 nitrogen and oxygen atoms in total. The predicted molar refractivity (Wildman–Crippen MR) is 47.5 cm³/mol. The van der Waals surface area contributed by atoms with Crippen LogP contribution >= 0.6 is 0 Å². The molecule has 1 rings (SSSR count). The summed E-state index contributed by atoms with van der Waals surface area (Å²) in [5, 5.41) is 15.7. The van der Waals surface area contributed by atoms with E-state index in [4.69, 9.17) is 5.26 Å². The minimum atomic E-state index is 0.0312. The van der Waals surface area contributed by atoms with Gasteiger partial charge in [-0.05, 0) is 6.92 Å². The highest BCUT2D eigenvalue weighted by Crippen LogP contribution is 1.90. The molecule has 0 bridgehead atoms. The van der Waals surface area contributed by atoms with E-state index < -0.39 is 0 Å². The van der Waals surface area contributed by atoms with Gasteiger partial charge >= 0.3 is 0 Å². The van der Waals surface area contributed by atoms with E-state index >= 15 is 0 Å². The molecule has 0 saturated carbocycles. The van der Waals surface area contributed by atoms with E-state index in [1.165, 1.54) is 0 Å². The van der Waals surface area contributed by atoms with Crippen molar-refractivity contribution in [2.75, 3.05) is 6.54 Å². The summed E-state index contributed by atoms with van der Waals surface area (Å²) >= 11 is 0. The fraction of sp³-hybridized carbons (Fsp3) is 0.625. The van der Waals surface area contributed by atoms with Crippen molar-refractivity contribution in [1.82, 2.24) is 20.1 Å². The van der Waals surface area contributed by atoms with Crippen LogP contribution in [0, 0.1) is 17.2 Å². The molecule has 5 heteroatoms. The Labute approximate surface area is 77.4 Å². The number of hydrogen-bond acceptors (Lipinski definition) is 4. The van der Waals surface area contributed by atoms with Crippen molar-refractivity contribution >= 4 is 0 Å². The number of nitriles is 1. The normalized spacial score (nSPS) is 12.4. The molecular formula is C8H13N5. The van der Waals surface area contributed by atoms with Gasteiger partial charge in [-0.15, -0.1) is 0 Å². The summed E-state index contributed by atoms with van der Waals surface area (Å²) in [5.41, 5.74) is 0. The molecule has 13 heavy (non-hydrogen) atoms. The molecule has 0 radical (unpaired) electrons. The first kappa shape index (κ1) is 9.68. The number of hydrogen-bond donors (Lipinski definition) is 1. The van der Waals surface area contributed by atoms with Crippen molar-refractivity contribution in [2.24, 2.45) is 13.0 Å². The van der Waals surface area contributed by atoms with Gasteiger partial charge in [0, 0.05) is 13.6 Å². The van der Waals surface area contributed by atoms with Crippen LogP contribution in [0.1, 0.15) is 12.7 Å². The Bertz CT molecular complexity index is 298. The average Bonchev–Trinajstić information content (AvgIpc) is 2.51. The standard InChI is InChI=1S/C8H13N5/c1-7(3-9)4-10-5-8-11-6-13(2)12-8/h6-7,10H,4-5H2,1-2H3. The highest BCUT2D eigenvalue weighted by molar-refractivity contribution is 4.83. The molecule has 0 aliphatic rings. The summed E-state index contributed by atoms with van der Waals surface area (Å²) in [6.45, 7) is 3.17. The Morgan fingerprint density at radius 1 is 1.77 bits per heavy atom.